The van der Waals surface area contributed by atoms with Gasteiger partial charge in [0.15, 0.2) is 11.8 Å². The third-order valence-corrected chi connectivity index (χ3v) is 3.29. The summed E-state index contributed by atoms with van der Waals surface area (Å²) in [5.74, 6) is 0. The summed E-state index contributed by atoms with van der Waals surface area (Å²) in [6.07, 6.45) is 4.54. The summed E-state index contributed by atoms with van der Waals surface area (Å²) in [5.41, 5.74) is 2.67. The zero-order valence-corrected chi connectivity index (χ0v) is 11.9. The monoisotopic (exact) mass is 243 g/mol. The first-order valence-corrected chi connectivity index (χ1v) is 6.74. The molecule has 1 unspecified atom stereocenters. The standard InChI is InChI=1S/C16H23N2/c1-5-15-17-14(12-18(15)16(2,3)4)11-13-9-7-6-8-10-13/h6-10,12,15H,5,11H2,1-4H3/q+1. The maximum atomic E-state index is 4.84. The molecule has 2 rings (SSSR count). The molecular weight excluding hydrogens is 220 g/mol. The first-order valence-electron chi connectivity index (χ1n) is 6.74. The first kappa shape index (κ1) is 13.0. The number of hydrogen-bond acceptors (Lipinski definition) is 1. The molecule has 0 bridgehead atoms. The molecule has 0 saturated heterocycles. The highest BCUT2D eigenvalue weighted by Gasteiger charge is 2.35. The van der Waals surface area contributed by atoms with Crippen LogP contribution in [0.1, 0.15) is 39.7 Å². The van der Waals surface area contributed by atoms with Crippen LogP contribution in [0.5, 0.6) is 0 Å². The van der Waals surface area contributed by atoms with Gasteiger partial charge < -0.3 is 0 Å². The Labute approximate surface area is 110 Å². The molecule has 1 aliphatic heterocycles. The molecule has 1 heterocycles. The van der Waals surface area contributed by atoms with Gasteiger partial charge in [0.05, 0.1) is 0 Å². The normalized spacial score (nSPS) is 19.7. The van der Waals surface area contributed by atoms with Crippen molar-refractivity contribution in [2.75, 3.05) is 0 Å². The van der Waals surface area contributed by atoms with Gasteiger partial charge in [0.1, 0.15) is 5.71 Å². The van der Waals surface area contributed by atoms with Crippen molar-refractivity contribution in [3.8, 4) is 0 Å². The summed E-state index contributed by atoms with van der Waals surface area (Å²) in [4.78, 5) is 4.84. The second-order valence-corrected chi connectivity index (χ2v) is 5.88. The van der Waals surface area contributed by atoms with E-state index in [-0.39, 0.29) is 5.54 Å². The number of hydrogen-bond donors (Lipinski definition) is 0. The highest BCUT2D eigenvalue weighted by Crippen LogP contribution is 2.18. The van der Waals surface area contributed by atoms with Crippen molar-refractivity contribution in [1.82, 2.24) is 0 Å². The Hall–Kier alpha value is -1.44. The Morgan fingerprint density at radius 1 is 1.17 bits per heavy atom. The van der Waals surface area contributed by atoms with E-state index in [0.717, 1.165) is 12.8 Å². The second kappa shape index (κ2) is 5.05. The fraction of sp³-hybridized carbons (Fsp3) is 0.500. The topological polar surface area (TPSA) is 15.4 Å². The van der Waals surface area contributed by atoms with Crippen molar-refractivity contribution in [3.05, 3.63) is 35.9 Å². The van der Waals surface area contributed by atoms with Crippen molar-refractivity contribution in [1.29, 1.82) is 0 Å². The van der Waals surface area contributed by atoms with Gasteiger partial charge in [-0.3, -0.25) is 0 Å². The molecule has 96 valence electrons. The van der Waals surface area contributed by atoms with Crippen LogP contribution >= 0.6 is 0 Å². The van der Waals surface area contributed by atoms with Crippen LogP contribution < -0.4 is 0 Å². The zero-order valence-electron chi connectivity index (χ0n) is 11.9. The lowest BCUT2D eigenvalue weighted by Crippen LogP contribution is -2.38. The molecule has 0 saturated carbocycles. The van der Waals surface area contributed by atoms with E-state index in [9.17, 15) is 0 Å². The van der Waals surface area contributed by atoms with Gasteiger partial charge >= 0.3 is 0 Å². The smallest absolute Gasteiger partial charge is 0.216 e. The van der Waals surface area contributed by atoms with Crippen molar-refractivity contribution in [2.45, 2.75) is 52.2 Å². The minimum atomic E-state index is 0.141. The Morgan fingerprint density at radius 2 is 1.83 bits per heavy atom. The number of nitrogens with zero attached hydrogens (tertiary/aromatic N) is 2. The number of rotatable bonds is 3. The van der Waals surface area contributed by atoms with E-state index >= 15 is 0 Å². The minimum absolute atomic E-state index is 0.141. The Kier molecular flexibility index (Phi) is 3.65. The molecule has 1 aromatic carbocycles. The number of benzene rings is 1. The van der Waals surface area contributed by atoms with E-state index < -0.39 is 0 Å². The largest absolute Gasteiger partial charge is 0.246 e. The molecule has 2 nitrogen and oxygen atoms in total. The SMILES string of the molecule is CCC1N=C(Cc2ccccc2)C=[N+]1C(C)(C)C. The van der Waals surface area contributed by atoms with Gasteiger partial charge in [-0.25, -0.2) is 9.57 Å². The van der Waals surface area contributed by atoms with Gasteiger partial charge in [0, 0.05) is 12.8 Å². The van der Waals surface area contributed by atoms with Crippen LogP contribution in [0.4, 0.5) is 0 Å². The molecule has 0 aromatic heterocycles. The number of aliphatic imine (C=N–C) groups is 1. The average Bonchev–Trinajstić information content (AvgIpc) is 2.73. The summed E-state index contributed by atoms with van der Waals surface area (Å²) < 4.78 is 2.38. The van der Waals surface area contributed by atoms with E-state index in [4.69, 9.17) is 4.99 Å². The fourth-order valence-corrected chi connectivity index (χ4v) is 2.36. The Bertz CT molecular complexity index is 464. The van der Waals surface area contributed by atoms with Crippen LogP contribution in [-0.4, -0.2) is 28.2 Å². The van der Waals surface area contributed by atoms with Gasteiger partial charge in [-0.2, -0.15) is 0 Å². The predicted octanol–water partition coefficient (Wildman–Crippen LogP) is 3.30. The second-order valence-electron chi connectivity index (χ2n) is 5.88. The zero-order chi connectivity index (χ0) is 13.2. The maximum Gasteiger partial charge on any atom is 0.246 e. The van der Waals surface area contributed by atoms with Crippen molar-refractivity contribution in [3.63, 3.8) is 0 Å². The molecule has 1 atom stereocenters. The van der Waals surface area contributed by atoms with Crippen LogP contribution in [0.3, 0.4) is 0 Å². The fourth-order valence-electron chi connectivity index (χ4n) is 2.36. The van der Waals surface area contributed by atoms with E-state index in [2.05, 4.69) is 68.8 Å². The maximum absolute atomic E-state index is 4.84. The molecule has 0 amide bonds. The molecule has 0 radical (unpaired) electrons. The molecule has 18 heavy (non-hydrogen) atoms. The third-order valence-electron chi connectivity index (χ3n) is 3.29. The Balaban J connectivity index is 2.18. The minimum Gasteiger partial charge on any atom is -0.216 e. The van der Waals surface area contributed by atoms with Crippen LogP contribution in [0, 0.1) is 0 Å². The lowest BCUT2D eigenvalue weighted by Gasteiger charge is -2.19. The molecule has 1 aromatic rings. The summed E-state index contributed by atoms with van der Waals surface area (Å²) in [6, 6.07) is 10.6. The van der Waals surface area contributed by atoms with Gasteiger partial charge in [-0.1, -0.05) is 37.3 Å². The molecule has 0 aliphatic carbocycles. The lowest BCUT2D eigenvalue weighted by molar-refractivity contribution is -0.621. The van der Waals surface area contributed by atoms with Crippen LogP contribution in [0.15, 0.2) is 35.3 Å². The molecule has 1 aliphatic rings. The molecule has 0 N–H and O–H groups in total. The van der Waals surface area contributed by atoms with Crippen molar-refractivity contribution in [2.24, 2.45) is 4.99 Å². The van der Waals surface area contributed by atoms with E-state index in [1.165, 1.54) is 11.3 Å². The molecule has 0 spiro atoms. The Morgan fingerprint density at radius 3 is 2.33 bits per heavy atom. The quantitative estimate of drug-likeness (QED) is 0.724. The van der Waals surface area contributed by atoms with Gasteiger partial charge in [-0.05, 0) is 26.3 Å². The highest BCUT2D eigenvalue weighted by molar-refractivity contribution is 6.30. The van der Waals surface area contributed by atoms with Crippen LogP contribution in [0.2, 0.25) is 0 Å². The third kappa shape index (κ3) is 2.87. The molecule has 0 fully saturated rings. The summed E-state index contributed by atoms with van der Waals surface area (Å²) >= 11 is 0. The molecule has 2 heteroatoms. The summed E-state index contributed by atoms with van der Waals surface area (Å²) in [5, 5.41) is 0. The average molecular weight is 243 g/mol. The van der Waals surface area contributed by atoms with E-state index in [1.54, 1.807) is 0 Å². The first-order chi connectivity index (χ1) is 8.50. The van der Waals surface area contributed by atoms with Crippen LogP contribution in [-0.2, 0) is 6.42 Å². The van der Waals surface area contributed by atoms with E-state index in [1.807, 2.05) is 0 Å². The predicted molar refractivity (Wildman–Crippen MR) is 77.7 cm³/mol. The van der Waals surface area contributed by atoms with Crippen LogP contribution in [0.25, 0.3) is 0 Å². The summed E-state index contributed by atoms with van der Waals surface area (Å²) in [6.45, 7) is 8.93. The van der Waals surface area contributed by atoms with Crippen molar-refractivity contribution >= 4 is 11.9 Å². The van der Waals surface area contributed by atoms with Gasteiger partial charge in [0.25, 0.3) is 0 Å². The molecular formula is C16H23N2+. The summed E-state index contributed by atoms with van der Waals surface area (Å²) in [7, 11) is 0. The van der Waals surface area contributed by atoms with E-state index in [0.29, 0.717) is 6.17 Å². The van der Waals surface area contributed by atoms with Gasteiger partial charge in [-0.15, -0.1) is 0 Å². The van der Waals surface area contributed by atoms with Gasteiger partial charge in [0.2, 0.25) is 6.17 Å². The van der Waals surface area contributed by atoms with Crippen molar-refractivity contribution < 1.29 is 4.58 Å². The highest BCUT2D eigenvalue weighted by atomic mass is 15.2. The lowest BCUT2D eigenvalue weighted by atomic mass is 10.1.